The smallest absolute Gasteiger partial charge is 0.331 e. The van der Waals surface area contributed by atoms with Crippen molar-refractivity contribution >= 4 is 16.0 Å². The summed E-state index contributed by atoms with van der Waals surface area (Å²) in [6, 6.07) is 2.80. The van der Waals surface area contributed by atoms with E-state index < -0.39 is 16.0 Å². The molecule has 0 fully saturated rings. The van der Waals surface area contributed by atoms with E-state index in [0.717, 1.165) is 9.88 Å². The van der Waals surface area contributed by atoms with Crippen molar-refractivity contribution in [3.8, 4) is 0 Å². The van der Waals surface area contributed by atoms with Gasteiger partial charge in [-0.3, -0.25) is 0 Å². The van der Waals surface area contributed by atoms with Crippen molar-refractivity contribution in [1.82, 2.24) is 4.31 Å². The third-order valence-electron chi connectivity index (χ3n) is 2.14. The Kier molecular flexibility index (Phi) is 4.90. The number of esters is 1. The maximum Gasteiger partial charge on any atom is 0.331 e. The Morgan fingerprint density at radius 3 is 2.53 bits per heavy atom. The van der Waals surface area contributed by atoms with Crippen LogP contribution in [-0.2, 0) is 26.2 Å². The van der Waals surface area contributed by atoms with Gasteiger partial charge in [-0.1, -0.05) is 5.57 Å². The normalized spacial score (nSPS) is 11.4. The van der Waals surface area contributed by atoms with Gasteiger partial charge in [0, 0.05) is 20.2 Å². The van der Waals surface area contributed by atoms with E-state index in [2.05, 4.69) is 0 Å². The molecule has 6 nitrogen and oxygen atoms in total. The Bertz CT molecular complexity index is 579. The molecule has 0 bridgehead atoms. The second kappa shape index (κ2) is 6.03. The fraction of sp³-hybridized carbons (Fsp3) is 0.417. The number of hydrogen-bond donors (Lipinski definition) is 0. The van der Waals surface area contributed by atoms with Crippen LogP contribution in [0.5, 0.6) is 0 Å². The molecule has 0 unspecified atom stereocenters. The lowest BCUT2D eigenvalue weighted by Crippen LogP contribution is -2.21. The van der Waals surface area contributed by atoms with E-state index in [1.165, 1.54) is 32.3 Å². The summed E-state index contributed by atoms with van der Waals surface area (Å²) in [5.41, 5.74) is 0.820. The molecule has 0 spiro atoms. The lowest BCUT2D eigenvalue weighted by atomic mass is 10.3. The number of ether oxygens (including phenoxy) is 1. The van der Waals surface area contributed by atoms with Crippen LogP contribution in [0.15, 0.2) is 33.3 Å². The van der Waals surface area contributed by atoms with Crippen molar-refractivity contribution in [2.75, 3.05) is 14.1 Å². The Hall–Kier alpha value is -1.60. The molecular weight excluding hydrogens is 270 g/mol. The van der Waals surface area contributed by atoms with Gasteiger partial charge in [-0.05, 0) is 26.0 Å². The predicted molar refractivity (Wildman–Crippen MR) is 68.8 cm³/mol. The van der Waals surface area contributed by atoms with Crippen LogP contribution in [-0.4, -0.2) is 32.8 Å². The maximum absolute atomic E-state index is 11.7. The number of sulfonamides is 1. The highest BCUT2D eigenvalue weighted by Crippen LogP contribution is 2.17. The van der Waals surface area contributed by atoms with Gasteiger partial charge < -0.3 is 9.15 Å². The third kappa shape index (κ3) is 4.22. The maximum atomic E-state index is 11.7. The molecule has 19 heavy (non-hydrogen) atoms. The molecule has 0 saturated carbocycles. The molecule has 1 aromatic rings. The number of allylic oxidation sites excluding steroid dienone is 1. The van der Waals surface area contributed by atoms with Crippen LogP contribution in [0.3, 0.4) is 0 Å². The van der Waals surface area contributed by atoms with Crippen LogP contribution in [0.4, 0.5) is 0 Å². The molecule has 0 aromatic carbocycles. The summed E-state index contributed by atoms with van der Waals surface area (Å²) < 4.78 is 34.6. The minimum absolute atomic E-state index is 0.106. The van der Waals surface area contributed by atoms with Gasteiger partial charge in [-0.25, -0.2) is 17.5 Å². The van der Waals surface area contributed by atoms with Gasteiger partial charge in [-0.2, -0.15) is 0 Å². The van der Waals surface area contributed by atoms with Crippen LogP contribution in [0, 0.1) is 0 Å². The summed E-state index contributed by atoms with van der Waals surface area (Å²) in [6.45, 7) is 3.44. The van der Waals surface area contributed by atoms with Crippen molar-refractivity contribution in [1.29, 1.82) is 0 Å². The summed E-state index contributed by atoms with van der Waals surface area (Å²) in [7, 11) is -0.781. The first-order valence-electron chi connectivity index (χ1n) is 5.56. The minimum atomic E-state index is -3.60. The van der Waals surface area contributed by atoms with Gasteiger partial charge in [0.05, 0.1) is 0 Å². The first-order valence-corrected chi connectivity index (χ1v) is 7.00. The predicted octanol–water partition coefficient (Wildman–Crippen LogP) is 1.54. The topological polar surface area (TPSA) is 76.8 Å². The van der Waals surface area contributed by atoms with Crippen molar-refractivity contribution < 1.29 is 22.4 Å². The molecule has 0 saturated heterocycles. The molecule has 0 aliphatic heterocycles. The van der Waals surface area contributed by atoms with E-state index in [1.807, 2.05) is 0 Å². The Morgan fingerprint density at radius 1 is 1.37 bits per heavy atom. The fourth-order valence-corrected chi connectivity index (χ4v) is 1.99. The molecular formula is C12H17NO5S. The highest BCUT2D eigenvalue weighted by Gasteiger charge is 2.21. The number of carbonyl (C=O) groups is 1. The number of nitrogens with zero attached hydrogens (tertiary/aromatic N) is 1. The molecule has 0 aliphatic carbocycles. The SMILES string of the molecule is CC(C)=CC(=O)OCc1ccc(S(=O)(=O)N(C)C)o1. The Labute approximate surface area is 112 Å². The highest BCUT2D eigenvalue weighted by atomic mass is 32.2. The van der Waals surface area contributed by atoms with Crippen molar-refractivity contribution in [3.63, 3.8) is 0 Å². The molecule has 0 aliphatic rings. The lowest BCUT2D eigenvalue weighted by Gasteiger charge is -2.07. The monoisotopic (exact) mass is 287 g/mol. The summed E-state index contributed by atoms with van der Waals surface area (Å²) in [6.07, 6.45) is 1.35. The average molecular weight is 287 g/mol. The molecule has 0 N–H and O–H groups in total. The van der Waals surface area contributed by atoms with Gasteiger partial charge >= 0.3 is 5.97 Å². The van der Waals surface area contributed by atoms with E-state index in [9.17, 15) is 13.2 Å². The summed E-state index contributed by atoms with van der Waals surface area (Å²) in [5, 5.41) is -0.175. The molecule has 0 radical (unpaired) electrons. The second-order valence-corrected chi connectivity index (χ2v) is 6.42. The van der Waals surface area contributed by atoms with Crippen LogP contribution in [0.25, 0.3) is 0 Å². The largest absolute Gasteiger partial charge is 0.454 e. The first-order chi connectivity index (χ1) is 8.73. The standard InChI is InChI=1S/C12H17NO5S/c1-9(2)7-11(14)17-8-10-5-6-12(18-10)19(15,16)13(3)4/h5-7H,8H2,1-4H3. The number of hydrogen-bond acceptors (Lipinski definition) is 5. The Morgan fingerprint density at radius 2 is 2.00 bits per heavy atom. The van der Waals surface area contributed by atoms with Gasteiger partial charge in [0.1, 0.15) is 12.4 Å². The molecule has 1 rings (SSSR count). The highest BCUT2D eigenvalue weighted by molar-refractivity contribution is 7.88. The van der Waals surface area contributed by atoms with Crippen LogP contribution in [0.1, 0.15) is 19.6 Å². The van der Waals surface area contributed by atoms with E-state index in [0.29, 0.717) is 0 Å². The first kappa shape index (κ1) is 15.5. The quantitative estimate of drug-likeness (QED) is 0.606. The van der Waals surface area contributed by atoms with Crippen LogP contribution in [0.2, 0.25) is 0 Å². The zero-order valence-electron chi connectivity index (χ0n) is 11.3. The Balaban J connectivity index is 2.72. The average Bonchev–Trinajstić information content (AvgIpc) is 2.74. The summed E-state index contributed by atoms with van der Waals surface area (Å²) in [5.74, 6) is -0.218. The van der Waals surface area contributed by atoms with Crippen molar-refractivity contribution in [3.05, 3.63) is 29.5 Å². The molecule has 0 amide bonds. The van der Waals surface area contributed by atoms with E-state index in [4.69, 9.17) is 9.15 Å². The summed E-state index contributed by atoms with van der Waals surface area (Å²) >= 11 is 0. The van der Waals surface area contributed by atoms with Gasteiger partial charge in [0.25, 0.3) is 10.0 Å². The van der Waals surface area contributed by atoms with Gasteiger partial charge in [-0.15, -0.1) is 0 Å². The zero-order valence-corrected chi connectivity index (χ0v) is 12.2. The van der Waals surface area contributed by atoms with E-state index >= 15 is 0 Å². The molecule has 106 valence electrons. The molecule has 1 aromatic heterocycles. The van der Waals surface area contributed by atoms with E-state index in [-0.39, 0.29) is 17.5 Å². The number of carbonyl (C=O) groups excluding carboxylic acids is 1. The van der Waals surface area contributed by atoms with Crippen molar-refractivity contribution in [2.24, 2.45) is 0 Å². The minimum Gasteiger partial charge on any atom is -0.454 e. The van der Waals surface area contributed by atoms with Gasteiger partial charge in [0.15, 0.2) is 0 Å². The fourth-order valence-electron chi connectivity index (χ4n) is 1.17. The second-order valence-electron chi connectivity index (χ2n) is 4.34. The lowest BCUT2D eigenvalue weighted by molar-refractivity contribution is -0.139. The van der Waals surface area contributed by atoms with Crippen molar-refractivity contribution in [2.45, 2.75) is 25.5 Å². The number of furan rings is 1. The van der Waals surface area contributed by atoms with Crippen LogP contribution < -0.4 is 0 Å². The summed E-state index contributed by atoms with van der Waals surface area (Å²) in [4.78, 5) is 11.3. The molecule has 0 atom stereocenters. The molecule has 7 heteroatoms. The van der Waals surface area contributed by atoms with Gasteiger partial charge in [0.2, 0.25) is 5.09 Å². The number of rotatable bonds is 5. The third-order valence-corrected chi connectivity index (χ3v) is 3.82. The van der Waals surface area contributed by atoms with Crippen LogP contribution >= 0.6 is 0 Å². The molecule has 1 heterocycles. The zero-order chi connectivity index (χ0) is 14.6. The van der Waals surface area contributed by atoms with E-state index in [1.54, 1.807) is 13.8 Å².